The Bertz CT molecular complexity index is 933. The minimum absolute atomic E-state index is 0.0440. The van der Waals surface area contributed by atoms with Crippen molar-refractivity contribution in [3.05, 3.63) is 71.6 Å². The Morgan fingerprint density at radius 3 is 2.48 bits per heavy atom. The van der Waals surface area contributed by atoms with Gasteiger partial charge in [-0.25, -0.2) is 17.2 Å². The van der Waals surface area contributed by atoms with E-state index in [0.29, 0.717) is 12.0 Å². The van der Waals surface area contributed by atoms with Gasteiger partial charge >= 0.3 is 0 Å². The van der Waals surface area contributed by atoms with E-state index in [4.69, 9.17) is 0 Å². The molecule has 6 heteroatoms. The third-order valence-corrected chi connectivity index (χ3v) is 4.73. The molecular weight excluding hydrogens is 320 g/mol. The second-order valence-electron chi connectivity index (χ2n) is 5.25. The van der Waals surface area contributed by atoms with E-state index in [0.717, 1.165) is 29.5 Å². The number of hydrogen-bond donors (Lipinski definition) is 0. The highest BCUT2D eigenvalue weighted by Crippen LogP contribution is 2.38. The molecule has 0 unspecified atom stereocenters. The van der Waals surface area contributed by atoms with Crippen molar-refractivity contribution in [1.29, 1.82) is 0 Å². The van der Waals surface area contributed by atoms with E-state index in [2.05, 4.69) is 4.98 Å². The van der Waals surface area contributed by atoms with E-state index in [-0.39, 0.29) is 5.56 Å². The van der Waals surface area contributed by atoms with Gasteiger partial charge in [0, 0.05) is 29.8 Å². The lowest BCUT2D eigenvalue weighted by molar-refractivity contribution is 0.554. The van der Waals surface area contributed by atoms with Crippen LogP contribution in [0.25, 0.3) is 11.1 Å². The third kappa shape index (κ3) is 2.94. The fourth-order valence-corrected chi connectivity index (χ4v) is 3.31. The SMILES string of the molecule is CS(=O)(=O)c1cc(F)c(C2=CCC=C2c2cccnc2)cc1F. The maximum Gasteiger partial charge on any atom is 0.178 e. The standard InChI is InChI=1S/C17H13F2NO2S/c1-23(21,22)17-9-15(18)14(8-16(17)19)13-6-2-5-12(13)11-4-3-7-20-10-11/h3-10H,2H2,1H3. The van der Waals surface area contributed by atoms with Gasteiger partial charge in [0.2, 0.25) is 0 Å². The van der Waals surface area contributed by atoms with Crippen molar-refractivity contribution in [3.63, 3.8) is 0 Å². The maximum absolute atomic E-state index is 14.4. The number of hydrogen-bond acceptors (Lipinski definition) is 3. The van der Waals surface area contributed by atoms with Crippen LogP contribution >= 0.6 is 0 Å². The zero-order chi connectivity index (χ0) is 16.6. The van der Waals surface area contributed by atoms with Crippen molar-refractivity contribution in [2.45, 2.75) is 11.3 Å². The lowest BCUT2D eigenvalue weighted by Crippen LogP contribution is -2.04. The average molecular weight is 333 g/mol. The number of halogens is 2. The Kier molecular flexibility index (Phi) is 3.85. The molecule has 1 aliphatic carbocycles. The first kappa shape index (κ1) is 15.6. The minimum Gasteiger partial charge on any atom is -0.264 e. The number of pyridine rings is 1. The van der Waals surface area contributed by atoms with Gasteiger partial charge in [-0.15, -0.1) is 0 Å². The second-order valence-corrected chi connectivity index (χ2v) is 7.23. The normalized spacial score (nSPS) is 14.6. The summed E-state index contributed by atoms with van der Waals surface area (Å²) in [5, 5.41) is 0. The summed E-state index contributed by atoms with van der Waals surface area (Å²) in [5.41, 5.74) is 2.13. The first-order valence-electron chi connectivity index (χ1n) is 6.88. The van der Waals surface area contributed by atoms with Gasteiger partial charge in [0.15, 0.2) is 9.84 Å². The fourth-order valence-electron chi connectivity index (χ4n) is 2.58. The Morgan fingerprint density at radius 2 is 1.83 bits per heavy atom. The molecule has 0 aliphatic heterocycles. The molecule has 2 aromatic rings. The number of rotatable bonds is 3. The molecule has 3 nitrogen and oxygen atoms in total. The first-order chi connectivity index (χ1) is 10.9. The van der Waals surface area contributed by atoms with E-state index in [1.165, 1.54) is 0 Å². The quantitative estimate of drug-likeness (QED) is 0.862. The van der Waals surface area contributed by atoms with Crippen LogP contribution in [0, 0.1) is 11.6 Å². The molecule has 1 aliphatic rings. The van der Waals surface area contributed by atoms with Crippen LogP contribution in [0.4, 0.5) is 8.78 Å². The molecule has 0 saturated carbocycles. The number of aromatic nitrogens is 1. The topological polar surface area (TPSA) is 47.0 Å². The number of allylic oxidation sites excluding steroid dienone is 4. The zero-order valence-electron chi connectivity index (χ0n) is 12.3. The van der Waals surface area contributed by atoms with Crippen LogP contribution in [0.2, 0.25) is 0 Å². The van der Waals surface area contributed by atoms with Gasteiger partial charge in [-0.05, 0) is 35.8 Å². The van der Waals surface area contributed by atoms with Gasteiger partial charge in [0.1, 0.15) is 16.5 Å². The lowest BCUT2D eigenvalue weighted by atomic mass is 9.95. The molecule has 0 spiro atoms. The van der Waals surface area contributed by atoms with E-state index in [1.54, 1.807) is 24.5 Å². The van der Waals surface area contributed by atoms with Crippen LogP contribution in [0.15, 0.2) is 53.7 Å². The second kappa shape index (κ2) is 5.70. The maximum atomic E-state index is 14.4. The number of benzene rings is 1. The minimum atomic E-state index is -3.82. The Balaban J connectivity index is 2.10. The zero-order valence-corrected chi connectivity index (χ0v) is 13.1. The lowest BCUT2D eigenvalue weighted by Gasteiger charge is -2.12. The third-order valence-electron chi connectivity index (χ3n) is 3.62. The summed E-state index contributed by atoms with van der Waals surface area (Å²) < 4.78 is 51.5. The highest BCUT2D eigenvalue weighted by atomic mass is 32.2. The highest BCUT2D eigenvalue weighted by molar-refractivity contribution is 7.90. The molecule has 0 amide bonds. The van der Waals surface area contributed by atoms with Gasteiger partial charge in [-0.2, -0.15) is 0 Å². The summed E-state index contributed by atoms with van der Waals surface area (Å²) >= 11 is 0. The molecular formula is C17H13F2NO2S. The Hall–Kier alpha value is -2.34. The summed E-state index contributed by atoms with van der Waals surface area (Å²) in [4.78, 5) is 3.39. The van der Waals surface area contributed by atoms with Crippen molar-refractivity contribution in [1.82, 2.24) is 4.98 Å². The van der Waals surface area contributed by atoms with Crippen LogP contribution in [-0.4, -0.2) is 19.7 Å². The van der Waals surface area contributed by atoms with Crippen molar-refractivity contribution in [3.8, 4) is 0 Å². The van der Waals surface area contributed by atoms with Crippen LogP contribution in [0.1, 0.15) is 17.5 Å². The summed E-state index contributed by atoms with van der Waals surface area (Å²) in [6.45, 7) is 0. The largest absolute Gasteiger partial charge is 0.264 e. The first-order valence-corrected chi connectivity index (χ1v) is 8.77. The molecule has 0 radical (unpaired) electrons. The molecule has 3 rings (SSSR count). The number of nitrogens with zero attached hydrogens (tertiary/aromatic N) is 1. The Morgan fingerprint density at radius 1 is 1.09 bits per heavy atom. The van der Waals surface area contributed by atoms with Gasteiger partial charge < -0.3 is 0 Å². The average Bonchev–Trinajstić information content (AvgIpc) is 2.98. The van der Waals surface area contributed by atoms with Gasteiger partial charge in [-0.3, -0.25) is 4.98 Å². The molecule has 1 heterocycles. The van der Waals surface area contributed by atoms with E-state index >= 15 is 0 Å². The predicted molar refractivity (Wildman–Crippen MR) is 84.3 cm³/mol. The summed E-state index contributed by atoms with van der Waals surface area (Å²) in [7, 11) is -3.82. The molecule has 0 N–H and O–H groups in total. The summed E-state index contributed by atoms with van der Waals surface area (Å²) in [6, 6.07) is 5.26. The van der Waals surface area contributed by atoms with E-state index < -0.39 is 26.4 Å². The van der Waals surface area contributed by atoms with Gasteiger partial charge in [-0.1, -0.05) is 18.2 Å². The highest BCUT2D eigenvalue weighted by Gasteiger charge is 2.22. The monoisotopic (exact) mass is 333 g/mol. The van der Waals surface area contributed by atoms with Crippen molar-refractivity contribution in [2.24, 2.45) is 0 Å². The summed E-state index contributed by atoms with van der Waals surface area (Å²) in [5.74, 6) is -1.72. The molecule has 1 aromatic carbocycles. The van der Waals surface area contributed by atoms with Crippen molar-refractivity contribution in [2.75, 3.05) is 6.26 Å². The molecule has 1 aromatic heterocycles. The molecule has 118 valence electrons. The number of sulfone groups is 1. The van der Waals surface area contributed by atoms with E-state index in [1.807, 2.05) is 12.1 Å². The van der Waals surface area contributed by atoms with Crippen LogP contribution < -0.4 is 0 Å². The van der Waals surface area contributed by atoms with Crippen LogP contribution in [0.5, 0.6) is 0 Å². The predicted octanol–water partition coefficient (Wildman–Crippen LogP) is 3.63. The summed E-state index contributed by atoms with van der Waals surface area (Å²) in [6.07, 6.45) is 8.39. The van der Waals surface area contributed by atoms with Crippen molar-refractivity contribution >= 4 is 21.0 Å². The molecule has 0 atom stereocenters. The van der Waals surface area contributed by atoms with Crippen LogP contribution in [-0.2, 0) is 9.84 Å². The van der Waals surface area contributed by atoms with Crippen molar-refractivity contribution < 1.29 is 17.2 Å². The molecule has 0 fully saturated rings. The Labute approximate surface area is 132 Å². The van der Waals surface area contributed by atoms with Gasteiger partial charge in [0.25, 0.3) is 0 Å². The molecule has 0 saturated heterocycles. The van der Waals surface area contributed by atoms with E-state index in [9.17, 15) is 17.2 Å². The molecule has 0 bridgehead atoms. The van der Waals surface area contributed by atoms with Gasteiger partial charge in [0.05, 0.1) is 0 Å². The smallest absolute Gasteiger partial charge is 0.178 e. The molecule has 23 heavy (non-hydrogen) atoms. The van der Waals surface area contributed by atoms with Crippen LogP contribution in [0.3, 0.4) is 0 Å². The fraction of sp³-hybridized carbons (Fsp3) is 0.118.